The van der Waals surface area contributed by atoms with Gasteiger partial charge in [0.25, 0.3) is 0 Å². The van der Waals surface area contributed by atoms with E-state index in [9.17, 15) is 9.59 Å². The summed E-state index contributed by atoms with van der Waals surface area (Å²) in [6.45, 7) is 0.0954. The van der Waals surface area contributed by atoms with Crippen molar-refractivity contribution in [3.63, 3.8) is 0 Å². The molecular weight excluding hydrogens is 164 g/mol. The molecule has 1 heterocycles. The van der Waals surface area contributed by atoms with Crippen LogP contribution in [0.4, 0.5) is 4.79 Å². The molecule has 1 saturated heterocycles. The van der Waals surface area contributed by atoms with Crippen molar-refractivity contribution in [3.05, 3.63) is 0 Å². The van der Waals surface area contributed by atoms with E-state index < -0.39 is 24.0 Å². The molecule has 0 aromatic carbocycles. The Morgan fingerprint density at radius 1 is 1.33 bits per heavy atom. The number of nitrogens with two attached hydrogens (primary N) is 1. The molecule has 1 fully saturated rings. The standard InChI is InChI=1S/C6H10N2O4/c7-4-2-8(6(11)12)1-3(4)5(9)10/h3-4H,1-2,7H2,(H,9,10)(H,11,12)/t3-,4-/m0/s1. The van der Waals surface area contributed by atoms with E-state index in [-0.39, 0.29) is 13.1 Å². The Hall–Kier alpha value is -1.30. The van der Waals surface area contributed by atoms with Gasteiger partial charge in [-0.2, -0.15) is 0 Å². The average Bonchev–Trinajstić information content (AvgIpc) is 2.30. The van der Waals surface area contributed by atoms with Gasteiger partial charge < -0.3 is 20.8 Å². The van der Waals surface area contributed by atoms with Gasteiger partial charge in [0.2, 0.25) is 0 Å². The molecule has 0 aliphatic carbocycles. The number of aliphatic carboxylic acids is 1. The number of nitrogens with zero attached hydrogens (tertiary/aromatic N) is 1. The molecule has 0 unspecified atom stereocenters. The maximum atomic E-state index is 10.5. The highest BCUT2D eigenvalue weighted by molar-refractivity contribution is 5.74. The van der Waals surface area contributed by atoms with E-state index in [1.54, 1.807) is 0 Å². The van der Waals surface area contributed by atoms with Gasteiger partial charge in [0, 0.05) is 19.1 Å². The normalized spacial score (nSPS) is 28.9. The summed E-state index contributed by atoms with van der Waals surface area (Å²) in [4.78, 5) is 21.9. The average molecular weight is 174 g/mol. The second kappa shape index (κ2) is 2.98. The number of carboxylic acid groups (broad SMARTS) is 2. The topological polar surface area (TPSA) is 104 Å². The Morgan fingerprint density at radius 3 is 2.17 bits per heavy atom. The molecule has 0 saturated carbocycles. The number of hydrogen-bond donors (Lipinski definition) is 3. The Kier molecular flexibility index (Phi) is 2.18. The highest BCUT2D eigenvalue weighted by Gasteiger charge is 2.37. The molecule has 0 spiro atoms. The lowest BCUT2D eigenvalue weighted by molar-refractivity contribution is -0.141. The summed E-state index contributed by atoms with van der Waals surface area (Å²) in [7, 11) is 0. The van der Waals surface area contributed by atoms with Crippen molar-refractivity contribution in [2.45, 2.75) is 6.04 Å². The monoisotopic (exact) mass is 174 g/mol. The number of carbonyl (C=O) groups is 2. The maximum absolute atomic E-state index is 10.5. The molecule has 68 valence electrons. The van der Waals surface area contributed by atoms with Gasteiger partial charge >= 0.3 is 12.1 Å². The van der Waals surface area contributed by atoms with Gasteiger partial charge in [-0.25, -0.2) is 4.79 Å². The summed E-state index contributed by atoms with van der Waals surface area (Å²) in [6, 6.07) is -0.585. The van der Waals surface area contributed by atoms with Crippen LogP contribution in [0.2, 0.25) is 0 Å². The first-order valence-electron chi connectivity index (χ1n) is 3.48. The second-order valence-corrected chi connectivity index (χ2v) is 2.80. The van der Waals surface area contributed by atoms with Crippen molar-refractivity contribution in [3.8, 4) is 0 Å². The molecule has 4 N–H and O–H groups in total. The predicted octanol–water partition coefficient (Wildman–Crippen LogP) is -0.992. The van der Waals surface area contributed by atoms with Crippen LogP contribution in [-0.4, -0.2) is 46.3 Å². The molecule has 6 nitrogen and oxygen atoms in total. The molecule has 0 radical (unpaired) electrons. The highest BCUT2D eigenvalue weighted by Crippen LogP contribution is 2.15. The van der Waals surface area contributed by atoms with Gasteiger partial charge in [-0.05, 0) is 0 Å². The van der Waals surface area contributed by atoms with E-state index in [2.05, 4.69) is 0 Å². The smallest absolute Gasteiger partial charge is 0.407 e. The minimum atomic E-state index is -1.12. The number of likely N-dealkylation sites (tertiary alicyclic amines) is 1. The fraction of sp³-hybridized carbons (Fsp3) is 0.667. The molecule has 0 aromatic heterocycles. The first kappa shape index (κ1) is 8.79. The van der Waals surface area contributed by atoms with Crippen LogP contribution in [0.3, 0.4) is 0 Å². The first-order chi connectivity index (χ1) is 5.52. The van der Waals surface area contributed by atoms with Crippen LogP contribution in [-0.2, 0) is 4.79 Å². The van der Waals surface area contributed by atoms with Gasteiger partial charge in [0.05, 0.1) is 5.92 Å². The van der Waals surface area contributed by atoms with E-state index >= 15 is 0 Å². The summed E-state index contributed by atoms with van der Waals surface area (Å²) in [5.41, 5.74) is 5.42. The van der Waals surface area contributed by atoms with Crippen molar-refractivity contribution >= 4 is 12.1 Å². The molecule has 12 heavy (non-hydrogen) atoms. The van der Waals surface area contributed by atoms with E-state index in [4.69, 9.17) is 15.9 Å². The molecule has 1 amide bonds. The Balaban J connectivity index is 2.62. The molecular formula is C6H10N2O4. The Morgan fingerprint density at radius 2 is 1.92 bits per heavy atom. The summed E-state index contributed by atoms with van der Waals surface area (Å²) in [5.74, 6) is -1.80. The highest BCUT2D eigenvalue weighted by atomic mass is 16.4. The zero-order chi connectivity index (χ0) is 9.30. The van der Waals surface area contributed by atoms with Crippen LogP contribution in [0.1, 0.15) is 0 Å². The molecule has 1 aliphatic heterocycles. The number of carboxylic acids is 1. The molecule has 2 atom stereocenters. The fourth-order valence-corrected chi connectivity index (χ4v) is 1.25. The summed E-state index contributed by atoms with van der Waals surface area (Å²) < 4.78 is 0. The van der Waals surface area contributed by atoms with Gasteiger partial charge in [-0.15, -0.1) is 0 Å². The van der Waals surface area contributed by atoms with Crippen molar-refractivity contribution in [1.29, 1.82) is 0 Å². The molecule has 1 rings (SSSR count). The van der Waals surface area contributed by atoms with Crippen LogP contribution >= 0.6 is 0 Å². The minimum absolute atomic E-state index is 0.00810. The number of hydrogen-bond acceptors (Lipinski definition) is 3. The molecule has 0 bridgehead atoms. The minimum Gasteiger partial charge on any atom is -0.481 e. The van der Waals surface area contributed by atoms with Crippen molar-refractivity contribution in [2.24, 2.45) is 11.7 Å². The molecule has 6 heteroatoms. The first-order valence-corrected chi connectivity index (χ1v) is 3.48. The quantitative estimate of drug-likeness (QED) is 0.473. The third kappa shape index (κ3) is 1.48. The van der Waals surface area contributed by atoms with Gasteiger partial charge in [0.1, 0.15) is 0 Å². The van der Waals surface area contributed by atoms with Crippen LogP contribution in [0.15, 0.2) is 0 Å². The lowest BCUT2D eigenvalue weighted by Gasteiger charge is -2.08. The van der Waals surface area contributed by atoms with Crippen molar-refractivity contribution < 1.29 is 19.8 Å². The SMILES string of the molecule is N[C@H]1CN(C(=O)O)C[C@@H]1C(=O)O. The van der Waals surface area contributed by atoms with Crippen molar-refractivity contribution in [1.82, 2.24) is 4.90 Å². The Labute approximate surface area is 68.6 Å². The predicted molar refractivity (Wildman–Crippen MR) is 38.7 cm³/mol. The van der Waals surface area contributed by atoms with Gasteiger partial charge in [-0.1, -0.05) is 0 Å². The molecule has 0 aromatic rings. The maximum Gasteiger partial charge on any atom is 0.407 e. The lowest BCUT2D eigenvalue weighted by atomic mass is 10.1. The third-order valence-electron chi connectivity index (χ3n) is 1.95. The van der Waals surface area contributed by atoms with Crippen molar-refractivity contribution in [2.75, 3.05) is 13.1 Å². The zero-order valence-corrected chi connectivity index (χ0v) is 6.30. The van der Waals surface area contributed by atoms with Crippen LogP contribution < -0.4 is 5.73 Å². The van der Waals surface area contributed by atoms with E-state index in [1.165, 1.54) is 0 Å². The van der Waals surface area contributed by atoms with Crippen LogP contribution in [0.25, 0.3) is 0 Å². The lowest BCUT2D eigenvalue weighted by Crippen LogP contribution is -2.34. The number of amides is 1. The largest absolute Gasteiger partial charge is 0.481 e. The van der Waals surface area contributed by atoms with E-state index in [1.807, 2.05) is 0 Å². The van der Waals surface area contributed by atoms with E-state index in [0.29, 0.717) is 0 Å². The summed E-state index contributed by atoms with van der Waals surface area (Å²) >= 11 is 0. The fourth-order valence-electron chi connectivity index (χ4n) is 1.25. The third-order valence-corrected chi connectivity index (χ3v) is 1.95. The van der Waals surface area contributed by atoms with E-state index in [0.717, 1.165) is 4.90 Å². The van der Waals surface area contributed by atoms with Crippen LogP contribution in [0, 0.1) is 5.92 Å². The molecule has 1 aliphatic rings. The Bertz CT molecular complexity index is 218. The second-order valence-electron chi connectivity index (χ2n) is 2.80. The van der Waals surface area contributed by atoms with Crippen LogP contribution in [0.5, 0.6) is 0 Å². The number of rotatable bonds is 1. The zero-order valence-electron chi connectivity index (χ0n) is 6.30. The summed E-state index contributed by atoms with van der Waals surface area (Å²) in [5, 5.41) is 17.1. The summed E-state index contributed by atoms with van der Waals surface area (Å²) in [6.07, 6.45) is -1.12. The van der Waals surface area contributed by atoms with Gasteiger partial charge in [0.15, 0.2) is 0 Å². The van der Waals surface area contributed by atoms with Gasteiger partial charge in [-0.3, -0.25) is 4.79 Å².